The van der Waals surface area contributed by atoms with Gasteiger partial charge in [0, 0.05) is 43.1 Å². The first kappa shape index (κ1) is 17.6. The second-order valence-electron chi connectivity index (χ2n) is 6.74. The highest BCUT2D eigenvalue weighted by Gasteiger charge is 2.28. The summed E-state index contributed by atoms with van der Waals surface area (Å²) in [5.74, 6) is 0.962. The molecule has 3 aromatic rings. The molecule has 1 aromatic heterocycles. The summed E-state index contributed by atoms with van der Waals surface area (Å²) in [6.07, 6.45) is 0. The van der Waals surface area contributed by atoms with Gasteiger partial charge in [0.2, 0.25) is 0 Å². The Kier molecular flexibility index (Phi) is 5.27. The van der Waals surface area contributed by atoms with Gasteiger partial charge in [0.05, 0.1) is 12.6 Å². The predicted molar refractivity (Wildman–Crippen MR) is 105 cm³/mol. The maximum Gasteiger partial charge on any atom is 0.134 e. The van der Waals surface area contributed by atoms with Gasteiger partial charge in [0.15, 0.2) is 0 Å². The molecular formula is C21H23ClN2O2. The quantitative estimate of drug-likeness (QED) is 0.741. The SMILES string of the molecule is OCCN1CCN(C(c2ccc(Cl)cc2)c2cc3ccccc3o2)CC1. The van der Waals surface area contributed by atoms with Crippen LogP contribution in [0.2, 0.25) is 5.02 Å². The van der Waals surface area contributed by atoms with Gasteiger partial charge in [0.25, 0.3) is 0 Å². The van der Waals surface area contributed by atoms with Crippen LogP contribution in [0.4, 0.5) is 0 Å². The third kappa shape index (κ3) is 3.64. The first-order chi connectivity index (χ1) is 12.7. The molecule has 0 spiro atoms. The lowest BCUT2D eigenvalue weighted by Gasteiger charge is -2.38. The summed E-state index contributed by atoms with van der Waals surface area (Å²) >= 11 is 6.10. The largest absolute Gasteiger partial charge is 0.459 e. The average molecular weight is 371 g/mol. The van der Waals surface area contributed by atoms with E-state index in [-0.39, 0.29) is 12.6 Å². The number of rotatable bonds is 5. The zero-order valence-corrected chi connectivity index (χ0v) is 15.4. The molecule has 2 aromatic carbocycles. The molecule has 2 heterocycles. The molecular weight excluding hydrogens is 348 g/mol. The Morgan fingerprint density at radius 1 is 1.00 bits per heavy atom. The second kappa shape index (κ2) is 7.80. The van der Waals surface area contributed by atoms with E-state index < -0.39 is 0 Å². The van der Waals surface area contributed by atoms with Crippen molar-refractivity contribution in [3.63, 3.8) is 0 Å². The molecule has 1 aliphatic heterocycles. The van der Waals surface area contributed by atoms with Crippen LogP contribution < -0.4 is 0 Å². The third-order valence-corrected chi connectivity index (χ3v) is 5.34. The van der Waals surface area contributed by atoms with E-state index in [1.165, 1.54) is 5.56 Å². The lowest BCUT2D eigenvalue weighted by molar-refractivity contribution is 0.0887. The molecule has 1 unspecified atom stereocenters. The van der Waals surface area contributed by atoms with Crippen LogP contribution in [0.1, 0.15) is 17.4 Å². The molecule has 5 heteroatoms. The molecule has 1 saturated heterocycles. The van der Waals surface area contributed by atoms with Crippen LogP contribution >= 0.6 is 11.6 Å². The van der Waals surface area contributed by atoms with E-state index >= 15 is 0 Å². The van der Waals surface area contributed by atoms with Crippen molar-refractivity contribution < 1.29 is 9.52 Å². The van der Waals surface area contributed by atoms with E-state index in [1.807, 2.05) is 30.3 Å². The first-order valence-corrected chi connectivity index (χ1v) is 9.43. The van der Waals surface area contributed by atoms with Crippen LogP contribution in [0.5, 0.6) is 0 Å². The van der Waals surface area contributed by atoms with Crippen molar-refractivity contribution in [3.8, 4) is 0 Å². The van der Waals surface area contributed by atoms with Crippen LogP contribution in [-0.4, -0.2) is 54.2 Å². The van der Waals surface area contributed by atoms with Gasteiger partial charge in [-0.25, -0.2) is 0 Å². The lowest BCUT2D eigenvalue weighted by atomic mass is 10.0. The Labute approximate surface area is 158 Å². The monoisotopic (exact) mass is 370 g/mol. The minimum Gasteiger partial charge on any atom is -0.459 e. The summed E-state index contributed by atoms with van der Waals surface area (Å²) in [4.78, 5) is 4.75. The average Bonchev–Trinajstić information content (AvgIpc) is 3.09. The number of para-hydroxylation sites is 1. The lowest BCUT2D eigenvalue weighted by Crippen LogP contribution is -2.48. The Hall–Kier alpha value is -1.85. The molecule has 4 rings (SSSR count). The highest BCUT2D eigenvalue weighted by Crippen LogP contribution is 2.34. The van der Waals surface area contributed by atoms with E-state index in [2.05, 4.69) is 34.1 Å². The van der Waals surface area contributed by atoms with E-state index in [1.54, 1.807) is 0 Å². The maximum absolute atomic E-state index is 9.17. The number of aliphatic hydroxyl groups is 1. The predicted octanol–water partition coefficient (Wildman–Crippen LogP) is 3.79. The van der Waals surface area contributed by atoms with Gasteiger partial charge in [-0.05, 0) is 29.8 Å². The summed E-state index contributed by atoms with van der Waals surface area (Å²) in [7, 11) is 0. The zero-order chi connectivity index (χ0) is 17.9. The fraction of sp³-hybridized carbons (Fsp3) is 0.333. The van der Waals surface area contributed by atoms with Gasteiger partial charge < -0.3 is 9.52 Å². The summed E-state index contributed by atoms with van der Waals surface area (Å²) < 4.78 is 6.21. The van der Waals surface area contributed by atoms with Gasteiger partial charge >= 0.3 is 0 Å². The van der Waals surface area contributed by atoms with Crippen LogP contribution in [-0.2, 0) is 0 Å². The number of furan rings is 1. The Bertz CT molecular complexity index is 821. The van der Waals surface area contributed by atoms with Crippen molar-refractivity contribution in [2.24, 2.45) is 0 Å². The third-order valence-electron chi connectivity index (χ3n) is 5.09. The molecule has 0 amide bonds. The van der Waals surface area contributed by atoms with Gasteiger partial charge in [-0.15, -0.1) is 0 Å². The molecule has 1 aliphatic rings. The fourth-order valence-corrected chi connectivity index (χ4v) is 3.85. The van der Waals surface area contributed by atoms with Crippen molar-refractivity contribution in [1.82, 2.24) is 9.80 Å². The van der Waals surface area contributed by atoms with E-state index in [0.717, 1.165) is 54.5 Å². The Morgan fingerprint density at radius 2 is 1.73 bits per heavy atom. The van der Waals surface area contributed by atoms with Crippen LogP contribution in [0, 0.1) is 0 Å². The van der Waals surface area contributed by atoms with Crippen LogP contribution in [0.3, 0.4) is 0 Å². The zero-order valence-electron chi connectivity index (χ0n) is 14.6. The molecule has 26 heavy (non-hydrogen) atoms. The first-order valence-electron chi connectivity index (χ1n) is 9.06. The number of hydrogen-bond acceptors (Lipinski definition) is 4. The number of fused-ring (bicyclic) bond motifs is 1. The van der Waals surface area contributed by atoms with Gasteiger partial charge in [-0.1, -0.05) is 41.9 Å². The van der Waals surface area contributed by atoms with Gasteiger partial charge in [0.1, 0.15) is 11.3 Å². The summed E-state index contributed by atoms with van der Waals surface area (Å²) in [5.41, 5.74) is 2.10. The van der Waals surface area contributed by atoms with Crippen molar-refractivity contribution >= 4 is 22.6 Å². The number of hydrogen-bond donors (Lipinski definition) is 1. The summed E-state index contributed by atoms with van der Waals surface area (Å²) in [6, 6.07) is 18.4. The minimum atomic E-state index is 0.0657. The van der Waals surface area contributed by atoms with Crippen LogP contribution in [0.25, 0.3) is 11.0 Å². The second-order valence-corrected chi connectivity index (χ2v) is 7.18. The number of nitrogens with zero attached hydrogens (tertiary/aromatic N) is 2. The van der Waals surface area contributed by atoms with Crippen molar-refractivity contribution in [1.29, 1.82) is 0 Å². The van der Waals surface area contributed by atoms with Crippen LogP contribution in [0.15, 0.2) is 59.0 Å². The summed E-state index contributed by atoms with van der Waals surface area (Å²) in [6.45, 7) is 4.72. The smallest absolute Gasteiger partial charge is 0.134 e. The van der Waals surface area contributed by atoms with E-state index in [0.29, 0.717) is 0 Å². The Morgan fingerprint density at radius 3 is 2.42 bits per heavy atom. The topological polar surface area (TPSA) is 39.9 Å². The standard InChI is InChI=1S/C21H23ClN2O2/c22-18-7-5-16(6-8-18)21(24-11-9-23(10-12-24)13-14-25)20-15-17-3-1-2-4-19(17)26-20/h1-8,15,21,25H,9-14H2. The molecule has 0 bridgehead atoms. The minimum absolute atomic E-state index is 0.0657. The molecule has 0 aliphatic carbocycles. The number of β-amino-alcohol motifs (C(OH)–C–C–N with tert-alkyl or cyclic N) is 1. The molecule has 0 saturated carbocycles. The number of benzene rings is 2. The van der Waals surface area contributed by atoms with E-state index in [9.17, 15) is 5.11 Å². The number of aliphatic hydroxyl groups excluding tert-OH is 1. The highest BCUT2D eigenvalue weighted by atomic mass is 35.5. The summed E-state index contributed by atoms with van der Waals surface area (Å²) in [5, 5.41) is 11.0. The number of halogens is 1. The molecule has 4 nitrogen and oxygen atoms in total. The fourth-order valence-electron chi connectivity index (χ4n) is 3.72. The number of piperazine rings is 1. The molecule has 1 N–H and O–H groups in total. The van der Waals surface area contributed by atoms with Gasteiger partial charge in [-0.3, -0.25) is 9.80 Å². The van der Waals surface area contributed by atoms with E-state index in [4.69, 9.17) is 16.0 Å². The molecule has 0 radical (unpaired) electrons. The molecule has 136 valence electrons. The van der Waals surface area contributed by atoms with Crippen molar-refractivity contribution in [2.75, 3.05) is 39.3 Å². The highest BCUT2D eigenvalue weighted by molar-refractivity contribution is 6.30. The Balaban J connectivity index is 1.67. The maximum atomic E-state index is 9.17. The van der Waals surface area contributed by atoms with Crippen molar-refractivity contribution in [3.05, 3.63) is 70.9 Å². The molecule has 1 fully saturated rings. The van der Waals surface area contributed by atoms with Crippen molar-refractivity contribution in [2.45, 2.75) is 6.04 Å². The van der Waals surface area contributed by atoms with Gasteiger partial charge in [-0.2, -0.15) is 0 Å². The molecule has 1 atom stereocenters. The normalized spacial score (nSPS) is 17.6.